The van der Waals surface area contributed by atoms with Crippen molar-refractivity contribution in [3.63, 3.8) is 0 Å². The number of hydrogen-bond acceptors (Lipinski definition) is 7. The molecule has 1 aliphatic carbocycles. The van der Waals surface area contributed by atoms with E-state index in [4.69, 9.17) is 14.7 Å². The summed E-state index contributed by atoms with van der Waals surface area (Å²) in [7, 11) is 0. The lowest BCUT2D eigenvalue weighted by atomic mass is 9.78. The van der Waals surface area contributed by atoms with E-state index in [0.29, 0.717) is 29.6 Å². The summed E-state index contributed by atoms with van der Waals surface area (Å²) in [4.78, 5) is 16.3. The van der Waals surface area contributed by atoms with Crippen LogP contribution in [0.2, 0.25) is 0 Å². The van der Waals surface area contributed by atoms with Crippen molar-refractivity contribution in [3.8, 4) is 5.88 Å². The van der Waals surface area contributed by atoms with Crippen LogP contribution in [0, 0.1) is 0 Å². The number of pyridine rings is 1. The molecular weight excluding hydrogens is 495 g/mol. The lowest BCUT2D eigenvalue weighted by Crippen LogP contribution is -2.62. The SMILES string of the molecule is CCN1C(C)(C)CC(Oc2ncc(C3CCC(O)CC3)c3nc(N[C@@H](C)CC(F)(F)F)ncc23)CC1(C)C. The number of aliphatic hydroxyl groups is 1. The quantitative estimate of drug-likeness (QED) is 0.434. The molecule has 2 aliphatic rings. The number of nitrogens with zero attached hydrogens (tertiary/aromatic N) is 4. The largest absolute Gasteiger partial charge is 0.474 e. The highest BCUT2D eigenvalue weighted by atomic mass is 19.4. The molecule has 4 rings (SSSR count). The number of piperidine rings is 1. The second-order valence-corrected chi connectivity index (χ2v) is 12.4. The Balaban J connectivity index is 1.67. The van der Waals surface area contributed by atoms with Crippen LogP contribution in [-0.4, -0.2) is 67.0 Å². The number of nitrogens with one attached hydrogen (secondary N) is 1. The standard InChI is InChI=1S/C28H42F3N5O2/c1-7-36-26(3,4)13-20(14-27(36,5)6)38-24-22-16-33-25(34-17(2)12-28(29,30)31)35-23(22)21(15-32-24)18-8-10-19(37)11-9-18/h15-20,37H,7-14H2,1-6H3,(H,33,34,35)/t17-,18?,19?/m0/s1. The third-order valence-electron chi connectivity index (χ3n) is 8.17. The Morgan fingerprint density at radius 2 is 1.71 bits per heavy atom. The first kappa shape index (κ1) is 28.8. The maximum Gasteiger partial charge on any atom is 0.391 e. The number of likely N-dealkylation sites (tertiary alicyclic amines) is 1. The number of fused-ring (bicyclic) bond motifs is 1. The van der Waals surface area contributed by atoms with E-state index < -0.39 is 18.6 Å². The minimum atomic E-state index is -4.28. The van der Waals surface area contributed by atoms with Crippen molar-refractivity contribution in [2.45, 2.75) is 128 Å². The van der Waals surface area contributed by atoms with E-state index in [1.165, 1.54) is 6.92 Å². The molecule has 1 saturated carbocycles. The summed E-state index contributed by atoms with van der Waals surface area (Å²) in [5, 5.41) is 13.5. The maximum atomic E-state index is 12.9. The Bertz CT molecular complexity index is 1100. The second-order valence-electron chi connectivity index (χ2n) is 12.4. The Morgan fingerprint density at radius 3 is 2.29 bits per heavy atom. The van der Waals surface area contributed by atoms with Crippen LogP contribution >= 0.6 is 0 Å². The van der Waals surface area contributed by atoms with Gasteiger partial charge in [0.15, 0.2) is 0 Å². The molecule has 0 aromatic carbocycles. The number of anilines is 1. The third kappa shape index (κ3) is 6.50. The van der Waals surface area contributed by atoms with Crippen molar-refractivity contribution in [2.24, 2.45) is 0 Å². The number of aliphatic hydroxyl groups excluding tert-OH is 1. The van der Waals surface area contributed by atoms with E-state index in [1.54, 1.807) is 12.4 Å². The predicted octanol–water partition coefficient (Wildman–Crippen LogP) is 6.22. The molecular formula is C28H42F3N5O2. The van der Waals surface area contributed by atoms with Crippen LogP contribution in [0.5, 0.6) is 5.88 Å². The van der Waals surface area contributed by atoms with Gasteiger partial charge < -0.3 is 15.2 Å². The number of ether oxygens (including phenoxy) is 1. The Kier molecular flexibility index (Phi) is 8.15. The molecule has 0 radical (unpaired) electrons. The molecule has 38 heavy (non-hydrogen) atoms. The predicted molar refractivity (Wildman–Crippen MR) is 142 cm³/mol. The highest BCUT2D eigenvalue weighted by molar-refractivity contribution is 5.86. The van der Waals surface area contributed by atoms with E-state index in [-0.39, 0.29) is 35.2 Å². The lowest BCUT2D eigenvalue weighted by molar-refractivity contribution is -0.136. The fourth-order valence-electron chi connectivity index (χ4n) is 6.81. The van der Waals surface area contributed by atoms with Crippen molar-refractivity contribution < 1.29 is 23.0 Å². The van der Waals surface area contributed by atoms with Gasteiger partial charge in [0.05, 0.1) is 23.4 Å². The van der Waals surface area contributed by atoms with Crippen LogP contribution in [-0.2, 0) is 0 Å². The van der Waals surface area contributed by atoms with Gasteiger partial charge in [-0.2, -0.15) is 13.2 Å². The average molecular weight is 538 g/mol. The minimum Gasteiger partial charge on any atom is -0.474 e. The topological polar surface area (TPSA) is 83.4 Å². The Morgan fingerprint density at radius 1 is 1.08 bits per heavy atom. The van der Waals surface area contributed by atoms with Crippen molar-refractivity contribution in [3.05, 3.63) is 18.0 Å². The van der Waals surface area contributed by atoms with Crippen LogP contribution in [0.25, 0.3) is 10.9 Å². The van der Waals surface area contributed by atoms with E-state index in [9.17, 15) is 18.3 Å². The number of alkyl halides is 3. The molecule has 3 heterocycles. The first-order valence-corrected chi connectivity index (χ1v) is 13.8. The molecule has 10 heteroatoms. The normalized spacial score (nSPS) is 25.3. The van der Waals surface area contributed by atoms with Gasteiger partial charge in [0.2, 0.25) is 11.8 Å². The summed E-state index contributed by atoms with van der Waals surface area (Å²) in [6, 6.07) is -0.869. The molecule has 2 aromatic rings. The van der Waals surface area contributed by atoms with Gasteiger partial charge in [-0.15, -0.1) is 0 Å². The van der Waals surface area contributed by atoms with Gasteiger partial charge in [-0.25, -0.2) is 15.0 Å². The molecule has 0 bridgehead atoms. The molecule has 0 amide bonds. The summed E-state index contributed by atoms with van der Waals surface area (Å²) in [5.41, 5.74) is 1.47. The van der Waals surface area contributed by atoms with E-state index >= 15 is 0 Å². The van der Waals surface area contributed by atoms with Crippen LogP contribution in [0.15, 0.2) is 12.4 Å². The van der Waals surface area contributed by atoms with Crippen LogP contribution in [0.4, 0.5) is 19.1 Å². The molecule has 2 aromatic heterocycles. The van der Waals surface area contributed by atoms with Crippen LogP contribution in [0.3, 0.4) is 0 Å². The van der Waals surface area contributed by atoms with Crippen LogP contribution < -0.4 is 10.1 Å². The molecule has 0 spiro atoms. The van der Waals surface area contributed by atoms with E-state index in [0.717, 1.165) is 37.8 Å². The van der Waals surface area contributed by atoms with Gasteiger partial charge >= 0.3 is 6.18 Å². The zero-order chi connectivity index (χ0) is 27.9. The summed E-state index contributed by atoms with van der Waals surface area (Å²) in [5.74, 6) is 0.765. The fraction of sp³-hybridized carbons (Fsp3) is 0.750. The first-order chi connectivity index (χ1) is 17.7. The van der Waals surface area contributed by atoms with Gasteiger partial charge in [0.25, 0.3) is 0 Å². The molecule has 2 N–H and O–H groups in total. The molecule has 212 valence electrons. The number of rotatable bonds is 7. The average Bonchev–Trinajstić information content (AvgIpc) is 2.77. The highest BCUT2D eigenvalue weighted by Crippen LogP contribution is 2.42. The summed E-state index contributed by atoms with van der Waals surface area (Å²) < 4.78 is 45.3. The summed E-state index contributed by atoms with van der Waals surface area (Å²) in [6.45, 7) is 13.6. The van der Waals surface area contributed by atoms with Gasteiger partial charge in [-0.05, 0) is 72.8 Å². The molecule has 1 atom stereocenters. The molecule has 1 aliphatic heterocycles. The first-order valence-electron chi connectivity index (χ1n) is 13.8. The third-order valence-corrected chi connectivity index (χ3v) is 8.17. The maximum absolute atomic E-state index is 12.9. The van der Waals surface area contributed by atoms with E-state index in [2.05, 4.69) is 49.8 Å². The Hall–Kier alpha value is -2.20. The zero-order valence-corrected chi connectivity index (χ0v) is 23.4. The van der Waals surface area contributed by atoms with Crippen molar-refractivity contribution >= 4 is 16.9 Å². The van der Waals surface area contributed by atoms with Gasteiger partial charge in [-0.3, -0.25) is 4.90 Å². The lowest BCUT2D eigenvalue weighted by Gasteiger charge is -2.54. The van der Waals surface area contributed by atoms with Gasteiger partial charge in [-0.1, -0.05) is 6.92 Å². The Labute approximate surface area is 223 Å². The summed E-state index contributed by atoms with van der Waals surface area (Å²) in [6.07, 6.45) is 2.47. The second kappa shape index (κ2) is 10.8. The monoisotopic (exact) mass is 537 g/mol. The van der Waals surface area contributed by atoms with Gasteiger partial charge in [0.1, 0.15) is 6.10 Å². The minimum absolute atomic E-state index is 0.0535. The van der Waals surface area contributed by atoms with Gasteiger partial charge in [0, 0.05) is 47.9 Å². The number of hydrogen-bond donors (Lipinski definition) is 2. The number of halogens is 3. The number of aromatic nitrogens is 3. The molecule has 7 nitrogen and oxygen atoms in total. The fourth-order valence-corrected chi connectivity index (χ4v) is 6.81. The highest BCUT2D eigenvalue weighted by Gasteiger charge is 2.45. The summed E-state index contributed by atoms with van der Waals surface area (Å²) >= 11 is 0. The van der Waals surface area contributed by atoms with Crippen molar-refractivity contribution in [1.82, 2.24) is 19.9 Å². The van der Waals surface area contributed by atoms with E-state index in [1.807, 2.05) is 0 Å². The molecule has 2 fully saturated rings. The molecule has 0 unspecified atom stereocenters. The smallest absolute Gasteiger partial charge is 0.391 e. The van der Waals surface area contributed by atoms with Crippen molar-refractivity contribution in [1.29, 1.82) is 0 Å². The van der Waals surface area contributed by atoms with Crippen LogP contribution in [0.1, 0.15) is 98.0 Å². The zero-order valence-electron chi connectivity index (χ0n) is 23.4. The van der Waals surface area contributed by atoms with Crippen molar-refractivity contribution in [2.75, 3.05) is 11.9 Å². The molecule has 1 saturated heterocycles.